The van der Waals surface area contributed by atoms with Crippen LogP contribution in [0.25, 0.3) is 0 Å². The first-order valence-electron chi connectivity index (χ1n) is 11.8. The molecule has 2 aliphatic carbocycles. The van der Waals surface area contributed by atoms with Crippen molar-refractivity contribution in [1.29, 1.82) is 0 Å². The summed E-state index contributed by atoms with van der Waals surface area (Å²) in [7, 11) is 0. The lowest BCUT2D eigenvalue weighted by Gasteiger charge is -2.37. The van der Waals surface area contributed by atoms with Crippen LogP contribution in [-0.4, -0.2) is 24.8 Å². The van der Waals surface area contributed by atoms with Crippen molar-refractivity contribution >= 4 is 11.9 Å². The number of esters is 2. The second kappa shape index (κ2) is 11.9. The van der Waals surface area contributed by atoms with Gasteiger partial charge in [-0.15, -0.1) is 0 Å². The van der Waals surface area contributed by atoms with Crippen molar-refractivity contribution in [2.24, 2.45) is 17.8 Å². The quantitative estimate of drug-likeness (QED) is 0.271. The van der Waals surface area contributed by atoms with Crippen molar-refractivity contribution in [1.82, 2.24) is 0 Å². The van der Waals surface area contributed by atoms with Crippen molar-refractivity contribution in [2.75, 3.05) is 6.79 Å². The Kier molecular flexibility index (Phi) is 8.98. The summed E-state index contributed by atoms with van der Waals surface area (Å²) in [6, 6.07) is 6.69. The fourth-order valence-electron chi connectivity index (χ4n) is 5.16. The topological polar surface area (TPSA) is 61.8 Å². The summed E-state index contributed by atoms with van der Waals surface area (Å²) in [6.45, 7) is 5.42. The Balaban J connectivity index is 1.38. The van der Waals surface area contributed by atoms with Crippen LogP contribution >= 0.6 is 0 Å². The molecule has 2 aliphatic rings. The third-order valence-corrected chi connectivity index (χ3v) is 6.93. The van der Waals surface area contributed by atoms with Crippen LogP contribution in [0.15, 0.2) is 36.9 Å². The van der Waals surface area contributed by atoms with E-state index < -0.39 is 5.97 Å². The highest BCUT2D eigenvalue weighted by Crippen LogP contribution is 2.41. The van der Waals surface area contributed by atoms with Crippen molar-refractivity contribution in [3.8, 4) is 5.75 Å². The van der Waals surface area contributed by atoms with E-state index >= 15 is 0 Å². The van der Waals surface area contributed by atoms with Gasteiger partial charge in [-0.1, -0.05) is 39.2 Å². The molecule has 0 aliphatic heterocycles. The van der Waals surface area contributed by atoms with Gasteiger partial charge in [0, 0.05) is 6.08 Å². The van der Waals surface area contributed by atoms with Crippen LogP contribution in [0.1, 0.15) is 81.5 Å². The Morgan fingerprint density at radius 3 is 2.16 bits per heavy atom. The fraction of sp³-hybridized carbons (Fsp3) is 0.615. The molecule has 5 nitrogen and oxygen atoms in total. The summed E-state index contributed by atoms with van der Waals surface area (Å²) < 4.78 is 15.8. The van der Waals surface area contributed by atoms with Gasteiger partial charge in [-0.2, -0.15) is 0 Å². The molecule has 0 bridgehead atoms. The molecule has 2 saturated carbocycles. The first-order valence-corrected chi connectivity index (χ1v) is 11.8. The molecule has 0 atom stereocenters. The summed E-state index contributed by atoms with van der Waals surface area (Å²) in [6.07, 6.45) is 13.7. The minimum atomic E-state index is -0.543. The largest absolute Gasteiger partial charge is 0.459 e. The maximum absolute atomic E-state index is 12.5. The van der Waals surface area contributed by atoms with E-state index in [9.17, 15) is 9.59 Å². The SMILES string of the molecule is C=CC(=O)OCOc1ccc(C(=O)OC2CCC(C3CCC(CCC)CC3)CC2)cc1. The first kappa shape index (κ1) is 23.4. The summed E-state index contributed by atoms with van der Waals surface area (Å²) in [5.41, 5.74) is 0.506. The molecule has 2 fully saturated rings. The molecule has 0 heterocycles. The summed E-state index contributed by atoms with van der Waals surface area (Å²) >= 11 is 0. The molecule has 0 spiro atoms. The van der Waals surface area contributed by atoms with Gasteiger partial charge in [0.15, 0.2) is 0 Å². The molecule has 0 radical (unpaired) electrons. The maximum atomic E-state index is 12.5. The zero-order chi connectivity index (χ0) is 22.1. The van der Waals surface area contributed by atoms with E-state index in [1.54, 1.807) is 24.3 Å². The first-order chi connectivity index (χ1) is 15.1. The number of carbonyl (C=O) groups is 2. The average Bonchev–Trinajstić information content (AvgIpc) is 2.80. The summed E-state index contributed by atoms with van der Waals surface area (Å²) in [5.74, 6) is 2.33. The number of benzene rings is 1. The van der Waals surface area contributed by atoms with Crippen LogP contribution in [0, 0.1) is 17.8 Å². The minimum Gasteiger partial charge on any atom is -0.459 e. The molecule has 31 heavy (non-hydrogen) atoms. The zero-order valence-corrected chi connectivity index (χ0v) is 18.7. The predicted octanol–water partition coefficient (Wildman–Crippen LogP) is 6.07. The number of rotatable bonds is 9. The Morgan fingerprint density at radius 1 is 0.968 bits per heavy atom. The van der Waals surface area contributed by atoms with E-state index in [2.05, 4.69) is 13.5 Å². The van der Waals surface area contributed by atoms with Crippen molar-refractivity contribution in [2.45, 2.75) is 77.2 Å². The predicted molar refractivity (Wildman–Crippen MR) is 120 cm³/mol. The molecule has 1 aromatic carbocycles. The number of hydrogen-bond acceptors (Lipinski definition) is 5. The molecule has 0 amide bonds. The standard InChI is InChI=1S/C26H36O5/c1-3-5-19-6-8-20(9-7-19)21-10-16-24(17-11-21)31-26(28)22-12-14-23(15-13-22)29-18-30-25(27)4-2/h4,12-15,19-21,24H,2-3,5-11,16-18H2,1H3. The summed E-state index contributed by atoms with van der Waals surface area (Å²) in [5, 5.41) is 0. The number of hydrogen-bond donors (Lipinski definition) is 0. The highest BCUT2D eigenvalue weighted by molar-refractivity contribution is 5.89. The van der Waals surface area contributed by atoms with Gasteiger partial charge in [0.2, 0.25) is 6.79 Å². The highest BCUT2D eigenvalue weighted by atomic mass is 16.7. The monoisotopic (exact) mass is 428 g/mol. The Hall–Kier alpha value is -2.30. The number of ether oxygens (including phenoxy) is 3. The van der Waals surface area contributed by atoms with Crippen LogP contribution in [-0.2, 0) is 14.3 Å². The number of carbonyl (C=O) groups excluding carboxylic acids is 2. The van der Waals surface area contributed by atoms with Gasteiger partial charge < -0.3 is 14.2 Å². The third-order valence-electron chi connectivity index (χ3n) is 6.93. The molecule has 170 valence electrons. The van der Waals surface area contributed by atoms with E-state index in [1.807, 2.05) is 0 Å². The van der Waals surface area contributed by atoms with Crippen LogP contribution in [0.3, 0.4) is 0 Å². The van der Waals surface area contributed by atoms with Gasteiger partial charge >= 0.3 is 11.9 Å². The molecule has 0 N–H and O–H groups in total. The lowest BCUT2D eigenvalue weighted by Crippen LogP contribution is -2.29. The molecule has 3 rings (SSSR count). The second-order valence-electron chi connectivity index (χ2n) is 8.97. The van der Waals surface area contributed by atoms with Crippen LogP contribution in [0.5, 0.6) is 5.75 Å². The van der Waals surface area contributed by atoms with Gasteiger partial charge in [-0.25, -0.2) is 9.59 Å². The van der Waals surface area contributed by atoms with E-state index in [0.717, 1.165) is 36.7 Å². The lowest BCUT2D eigenvalue weighted by molar-refractivity contribution is -0.144. The van der Waals surface area contributed by atoms with E-state index in [4.69, 9.17) is 14.2 Å². The summed E-state index contributed by atoms with van der Waals surface area (Å²) in [4.78, 5) is 23.5. The zero-order valence-electron chi connectivity index (χ0n) is 18.7. The molecule has 0 aromatic heterocycles. The Bertz CT molecular complexity index is 710. The molecule has 5 heteroatoms. The van der Waals surface area contributed by atoms with E-state index in [-0.39, 0.29) is 18.9 Å². The van der Waals surface area contributed by atoms with Gasteiger partial charge in [0.1, 0.15) is 11.9 Å². The molecule has 1 aromatic rings. The molecule has 0 unspecified atom stereocenters. The van der Waals surface area contributed by atoms with Crippen molar-refractivity contribution < 1.29 is 23.8 Å². The van der Waals surface area contributed by atoms with Crippen LogP contribution < -0.4 is 4.74 Å². The molecule has 0 saturated heterocycles. The van der Waals surface area contributed by atoms with Gasteiger partial charge in [-0.3, -0.25) is 0 Å². The Morgan fingerprint density at radius 2 is 1.58 bits per heavy atom. The van der Waals surface area contributed by atoms with Crippen molar-refractivity contribution in [3.63, 3.8) is 0 Å². The van der Waals surface area contributed by atoms with Gasteiger partial charge in [0.25, 0.3) is 0 Å². The smallest absolute Gasteiger partial charge is 0.338 e. The Labute approximate surface area is 186 Å². The van der Waals surface area contributed by atoms with Gasteiger partial charge in [0.05, 0.1) is 5.56 Å². The average molecular weight is 429 g/mol. The maximum Gasteiger partial charge on any atom is 0.338 e. The minimum absolute atomic E-state index is 0.0226. The van der Waals surface area contributed by atoms with Crippen LogP contribution in [0.2, 0.25) is 0 Å². The van der Waals surface area contributed by atoms with Crippen LogP contribution in [0.4, 0.5) is 0 Å². The normalized spacial score (nSPS) is 26.0. The third kappa shape index (κ3) is 7.12. The fourth-order valence-corrected chi connectivity index (χ4v) is 5.16. The van der Waals surface area contributed by atoms with Crippen molar-refractivity contribution in [3.05, 3.63) is 42.5 Å². The van der Waals surface area contributed by atoms with Gasteiger partial charge in [-0.05, 0) is 80.5 Å². The molecular weight excluding hydrogens is 392 g/mol. The molecular formula is C26H36O5. The lowest BCUT2D eigenvalue weighted by atomic mass is 9.70. The van der Waals surface area contributed by atoms with E-state index in [1.165, 1.54) is 51.4 Å². The second-order valence-corrected chi connectivity index (χ2v) is 8.97. The highest BCUT2D eigenvalue weighted by Gasteiger charge is 2.31. The van der Waals surface area contributed by atoms with E-state index in [0.29, 0.717) is 11.3 Å².